The Morgan fingerprint density at radius 1 is 1.20 bits per heavy atom. The summed E-state index contributed by atoms with van der Waals surface area (Å²) in [5.41, 5.74) is 7.79. The van der Waals surface area contributed by atoms with Crippen molar-refractivity contribution in [2.45, 2.75) is 27.2 Å². The molecule has 0 saturated carbocycles. The fraction of sp³-hybridized carbons (Fsp3) is 0.312. The van der Waals surface area contributed by atoms with E-state index in [9.17, 15) is 0 Å². The molecule has 0 unspecified atom stereocenters. The first-order valence-electron chi connectivity index (χ1n) is 6.51. The molecule has 0 atom stereocenters. The first kappa shape index (κ1) is 14.7. The van der Waals surface area contributed by atoms with Gasteiger partial charge in [-0.05, 0) is 35.6 Å². The topological polar surface area (TPSA) is 48.1 Å². The van der Waals surface area contributed by atoms with Crippen molar-refractivity contribution in [3.63, 3.8) is 0 Å². The molecule has 0 spiro atoms. The van der Waals surface area contributed by atoms with E-state index in [0.29, 0.717) is 22.3 Å². The summed E-state index contributed by atoms with van der Waals surface area (Å²) in [6.45, 7) is 6.65. The molecule has 0 amide bonds. The molecule has 2 N–H and O–H groups in total. The molecule has 4 heteroatoms. The van der Waals surface area contributed by atoms with Crippen LogP contribution in [0.4, 0.5) is 5.69 Å². The maximum Gasteiger partial charge on any atom is 0.242 e. The number of nitrogen functional groups attached to an aromatic ring is 1. The Kier molecular flexibility index (Phi) is 4.19. The van der Waals surface area contributed by atoms with E-state index in [0.717, 1.165) is 6.42 Å². The largest absolute Gasteiger partial charge is 0.437 e. The smallest absolute Gasteiger partial charge is 0.242 e. The average molecular weight is 291 g/mol. The molecule has 1 aromatic heterocycles. The SMILES string of the molecule is CC(C)(C)Cc1ccc(Oc2ncc(Cl)cc2N)cc1. The fourth-order valence-corrected chi connectivity index (χ4v) is 2.09. The number of nitrogens with two attached hydrogens (primary N) is 1. The number of pyridine rings is 1. The minimum Gasteiger partial charge on any atom is -0.437 e. The van der Waals surface area contributed by atoms with Gasteiger partial charge in [0.2, 0.25) is 5.88 Å². The maximum absolute atomic E-state index is 5.81. The van der Waals surface area contributed by atoms with Crippen LogP contribution in [0, 0.1) is 5.41 Å². The van der Waals surface area contributed by atoms with Crippen LogP contribution in [0.1, 0.15) is 26.3 Å². The number of benzene rings is 1. The van der Waals surface area contributed by atoms with Gasteiger partial charge in [-0.2, -0.15) is 0 Å². The predicted molar refractivity (Wildman–Crippen MR) is 83.3 cm³/mol. The number of ether oxygens (including phenoxy) is 1. The molecule has 2 rings (SSSR count). The van der Waals surface area contributed by atoms with Gasteiger partial charge in [-0.15, -0.1) is 0 Å². The molecule has 20 heavy (non-hydrogen) atoms. The van der Waals surface area contributed by atoms with Gasteiger partial charge in [-0.3, -0.25) is 0 Å². The molecule has 2 aromatic rings. The zero-order chi connectivity index (χ0) is 14.8. The summed E-state index contributed by atoms with van der Waals surface area (Å²) in [5, 5.41) is 0.496. The van der Waals surface area contributed by atoms with Crippen molar-refractivity contribution in [3.8, 4) is 11.6 Å². The molecule has 0 aliphatic rings. The number of rotatable bonds is 3. The monoisotopic (exact) mass is 290 g/mol. The quantitative estimate of drug-likeness (QED) is 0.891. The van der Waals surface area contributed by atoms with E-state index in [1.807, 2.05) is 12.1 Å². The minimum absolute atomic E-state index is 0.268. The van der Waals surface area contributed by atoms with Crippen molar-refractivity contribution in [2.75, 3.05) is 5.73 Å². The van der Waals surface area contributed by atoms with Gasteiger partial charge in [0.05, 0.1) is 10.7 Å². The van der Waals surface area contributed by atoms with Crippen molar-refractivity contribution in [3.05, 3.63) is 47.1 Å². The highest BCUT2D eigenvalue weighted by atomic mass is 35.5. The van der Waals surface area contributed by atoms with Crippen LogP contribution in [0.25, 0.3) is 0 Å². The summed E-state index contributed by atoms with van der Waals surface area (Å²) >= 11 is 5.80. The Bertz CT molecular complexity index is 588. The minimum atomic E-state index is 0.268. The molecule has 0 radical (unpaired) electrons. The van der Waals surface area contributed by atoms with Crippen LogP contribution < -0.4 is 10.5 Å². The van der Waals surface area contributed by atoms with Crippen molar-refractivity contribution < 1.29 is 4.74 Å². The molecular weight excluding hydrogens is 272 g/mol. The van der Waals surface area contributed by atoms with Crippen LogP contribution in [0.5, 0.6) is 11.6 Å². The highest BCUT2D eigenvalue weighted by Crippen LogP contribution is 2.28. The molecule has 1 heterocycles. The van der Waals surface area contributed by atoms with Gasteiger partial charge in [0.15, 0.2) is 0 Å². The predicted octanol–water partition coefficient (Wildman–Crippen LogP) is 4.70. The van der Waals surface area contributed by atoms with E-state index in [-0.39, 0.29) is 5.41 Å². The lowest BCUT2D eigenvalue weighted by molar-refractivity contribution is 0.410. The number of hydrogen-bond acceptors (Lipinski definition) is 3. The normalized spacial score (nSPS) is 11.4. The van der Waals surface area contributed by atoms with Crippen molar-refractivity contribution in [1.29, 1.82) is 0 Å². The number of nitrogens with zero attached hydrogens (tertiary/aromatic N) is 1. The summed E-state index contributed by atoms with van der Waals surface area (Å²) in [5.74, 6) is 1.09. The highest BCUT2D eigenvalue weighted by molar-refractivity contribution is 6.30. The molecule has 0 aliphatic carbocycles. The van der Waals surface area contributed by atoms with E-state index >= 15 is 0 Å². The Labute approximate surface area is 124 Å². The lowest BCUT2D eigenvalue weighted by atomic mass is 9.88. The standard InChI is InChI=1S/C16H19ClN2O/c1-16(2,3)9-11-4-6-13(7-5-11)20-15-14(18)8-12(17)10-19-15/h4-8,10H,9,18H2,1-3H3. The maximum atomic E-state index is 5.81. The van der Waals surface area contributed by atoms with Crippen LogP contribution in [-0.2, 0) is 6.42 Å². The van der Waals surface area contributed by atoms with Gasteiger partial charge in [0.1, 0.15) is 5.75 Å². The van der Waals surface area contributed by atoms with Crippen LogP contribution in [0.2, 0.25) is 5.02 Å². The zero-order valence-corrected chi connectivity index (χ0v) is 12.7. The van der Waals surface area contributed by atoms with E-state index in [1.165, 1.54) is 11.8 Å². The van der Waals surface area contributed by atoms with Gasteiger partial charge >= 0.3 is 0 Å². The van der Waals surface area contributed by atoms with Crippen molar-refractivity contribution in [2.24, 2.45) is 5.41 Å². The molecule has 0 bridgehead atoms. The van der Waals surface area contributed by atoms with Gasteiger partial charge < -0.3 is 10.5 Å². The molecule has 0 aliphatic heterocycles. The summed E-state index contributed by atoms with van der Waals surface area (Å²) in [6, 6.07) is 9.60. The second-order valence-corrected chi connectivity index (χ2v) is 6.47. The lowest BCUT2D eigenvalue weighted by Gasteiger charge is -2.18. The van der Waals surface area contributed by atoms with Crippen LogP contribution >= 0.6 is 11.6 Å². The molecule has 0 fully saturated rings. The van der Waals surface area contributed by atoms with Gasteiger partial charge in [-0.25, -0.2) is 4.98 Å². The molecule has 0 saturated heterocycles. The van der Waals surface area contributed by atoms with Crippen molar-refractivity contribution >= 4 is 17.3 Å². The third-order valence-corrected chi connectivity index (χ3v) is 2.92. The average Bonchev–Trinajstić information content (AvgIpc) is 2.33. The Morgan fingerprint density at radius 2 is 1.85 bits per heavy atom. The second kappa shape index (κ2) is 5.71. The molecular formula is C16H19ClN2O. The van der Waals surface area contributed by atoms with Crippen LogP contribution in [0.15, 0.2) is 36.5 Å². The van der Waals surface area contributed by atoms with Gasteiger partial charge in [-0.1, -0.05) is 44.5 Å². The summed E-state index contributed by atoms with van der Waals surface area (Å²) in [6.07, 6.45) is 2.54. The lowest BCUT2D eigenvalue weighted by Crippen LogP contribution is -2.08. The first-order valence-corrected chi connectivity index (χ1v) is 6.89. The number of hydrogen-bond donors (Lipinski definition) is 1. The summed E-state index contributed by atoms with van der Waals surface area (Å²) in [4.78, 5) is 4.08. The summed E-state index contributed by atoms with van der Waals surface area (Å²) in [7, 11) is 0. The first-order chi connectivity index (χ1) is 9.33. The van der Waals surface area contributed by atoms with Crippen molar-refractivity contribution in [1.82, 2.24) is 4.98 Å². The molecule has 106 valence electrons. The highest BCUT2D eigenvalue weighted by Gasteiger charge is 2.11. The molecule has 3 nitrogen and oxygen atoms in total. The number of anilines is 1. The van der Waals surface area contributed by atoms with Crippen LogP contribution in [-0.4, -0.2) is 4.98 Å². The van der Waals surface area contributed by atoms with Crippen LogP contribution in [0.3, 0.4) is 0 Å². The Hall–Kier alpha value is -1.74. The fourth-order valence-electron chi connectivity index (χ4n) is 1.93. The third-order valence-electron chi connectivity index (χ3n) is 2.72. The molecule has 1 aromatic carbocycles. The van der Waals surface area contributed by atoms with Gasteiger partial charge in [0.25, 0.3) is 0 Å². The summed E-state index contributed by atoms with van der Waals surface area (Å²) < 4.78 is 5.65. The van der Waals surface area contributed by atoms with E-state index in [4.69, 9.17) is 22.1 Å². The van der Waals surface area contributed by atoms with E-state index < -0.39 is 0 Å². The van der Waals surface area contributed by atoms with E-state index in [1.54, 1.807) is 6.07 Å². The Morgan fingerprint density at radius 3 is 2.40 bits per heavy atom. The zero-order valence-electron chi connectivity index (χ0n) is 12.0. The van der Waals surface area contributed by atoms with E-state index in [2.05, 4.69) is 37.9 Å². The van der Waals surface area contributed by atoms with Gasteiger partial charge in [0, 0.05) is 6.20 Å². The second-order valence-electron chi connectivity index (χ2n) is 6.03. The number of halogens is 1. The number of aromatic nitrogens is 1. The third kappa shape index (κ3) is 4.14. The Balaban J connectivity index is 2.11.